The molecule has 11 heteroatoms. The maximum absolute atomic E-state index is 15.3. The number of benzene rings is 2. The summed E-state index contributed by atoms with van der Waals surface area (Å²) in [7, 11) is -4.07. The van der Waals surface area contributed by atoms with Gasteiger partial charge in [-0.25, -0.2) is 22.2 Å². The lowest BCUT2D eigenvalue weighted by molar-refractivity contribution is 0.395. The van der Waals surface area contributed by atoms with Crippen LogP contribution in [0.5, 0.6) is 0 Å². The molecule has 5 N–H and O–H groups in total. The number of nitrogen functional groups attached to an aromatic ring is 1. The quantitative estimate of drug-likeness (QED) is 0.278. The molecule has 5 rings (SSSR count). The molecule has 1 saturated carbocycles. The van der Waals surface area contributed by atoms with Crippen molar-refractivity contribution in [2.45, 2.75) is 63.3 Å². The van der Waals surface area contributed by atoms with Crippen molar-refractivity contribution in [3.05, 3.63) is 71.4 Å². The lowest BCUT2D eigenvalue weighted by Crippen LogP contribution is -2.26. The van der Waals surface area contributed by atoms with Crippen molar-refractivity contribution < 1.29 is 17.2 Å². The highest BCUT2D eigenvalue weighted by atomic mass is 32.2. The number of nitrogens with zero attached hydrogens (tertiary/aromatic N) is 3. The van der Waals surface area contributed by atoms with E-state index in [4.69, 9.17) is 16.6 Å². The summed E-state index contributed by atoms with van der Waals surface area (Å²) in [4.78, 5) is 4.47. The van der Waals surface area contributed by atoms with Crippen molar-refractivity contribution in [1.82, 2.24) is 14.8 Å². The molecule has 0 radical (unpaired) electrons. The molecule has 0 spiro atoms. The normalized spacial score (nSPS) is 18.1. The number of nitrogens with two attached hydrogens (primary N) is 2. The highest BCUT2D eigenvalue weighted by Gasteiger charge is 2.27. The molecule has 0 amide bonds. The summed E-state index contributed by atoms with van der Waals surface area (Å²) in [6.07, 6.45) is 5.56. The maximum Gasteiger partial charge on any atom is 0.237 e. The van der Waals surface area contributed by atoms with Crippen molar-refractivity contribution in [2.24, 2.45) is 5.73 Å². The number of halogens is 2. The summed E-state index contributed by atoms with van der Waals surface area (Å²) in [6.45, 7) is 4.03. The van der Waals surface area contributed by atoms with E-state index in [1.807, 2.05) is 24.7 Å². The van der Waals surface area contributed by atoms with Crippen LogP contribution in [0.4, 0.5) is 20.3 Å². The first kappa shape index (κ1) is 27.0. The molecule has 2 aromatic carbocycles. The Morgan fingerprint density at radius 1 is 1.08 bits per heavy atom. The molecular weight excluding hydrogens is 522 g/mol. The topological polar surface area (TPSA) is 129 Å². The van der Waals surface area contributed by atoms with Crippen molar-refractivity contribution in [1.29, 1.82) is 0 Å². The lowest BCUT2D eigenvalue weighted by Gasteiger charge is -2.27. The van der Waals surface area contributed by atoms with Crippen molar-refractivity contribution >= 4 is 32.4 Å². The Kier molecular flexibility index (Phi) is 7.30. The summed E-state index contributed by atoms with van der Waals surface area (Å²) in [5.74, 6) is -1.50. The number of hydrogen-bond acceptors (Lipinski definition) is 6. The minimum atomic E-state index is -4.07. The van der Waals surface area contributed by atoms with Crippen LogP contribution in [-0.4, -0.2) is 29.2 Å². The average Bonchev–Trinajstić information content (AvgIpc) is 3.29. The SMILES string of the molecule is CC(C)n1nc(-c2ccc(NS(=O)(=O)Cc3ccccc3F)c(F)c2)c2c(N)ncc([C@H]3CC[C@H](N)CC3)c21. The fourth-order valence-corrected chi connectivity index (χ4v) is 6.51. The van der Waals surface area contributed by atoms with Gasteiger partial charge in [0.1, 0.15) is 23.1 Å². The number of rotatable bonds is 7. The van der Waals surface area contributed by atoms with Crippen LogP contribution >= 0.6 is 0 Å². The van der Waals surface area contributed by atoms with Gasteiger partial charge in [-0.3, -0.25) is 9.40 Å². The van der Waals surface area contributed by atoms with Gasteiger partial charge in [-0.15, -0.1) is 0 Å². The van der Waals surface area contributed by atoms with Gasteiger partial charge in [0.15, 0.2) is 0 Å². The molecule has 0 unspecified atom stereocenters. The fourth-order valence-electron chi connectivity index (χ4n) is 5.29. The standard InChI is InChI=1S/C28H32F2N6O2S/c1-16(2)36-27-21(17-7-10-20(31)11-8-17)14-33-28(32)25(27)26(34-36)18-9-12-24(23(30)13-18)35-39(37,38)15-19-5-3-4-6-22(19)29/h3-6,9,12-14,16-17,20,35H,7-8,10-11,15,31H2,1-2H3,(H2,32,33)/t17-,20-. The third-order valence-corrected chi connectivity index (χ3v) is 8.52. The molecule has 0 aliphatic heterocycles. The molecule has 8 nitrogen and oxygen atoms in total. The zero-order valence-electron chi connectivity index (χ0n) is 21.9. The Hall–Kier alpha value is -3.57. The zero-order chi connectivity index (χ0) is 27.9. The molecule has 1 fully saturated rings. The van der Waals surface area contributed by atoms with E-state index >= 15 is 4.39 Å². The maximum atomic E-state index is 15.3. The Morgan fingerprint density at radius 3 is 2.46 bits per heavy atom. The first-order valence-electron chi connectivity index (χ1n) is 13.0. The number of aromatic nitrogens is 3. The number of hydrogen-bond donors (Lipinski definition) is 3. The predicted molar refractivity (Wildman–Crippen MR) is 150 cm³/mol. The third-order valence-electron chi connectivity index (χ3n) is 7.29. The van der Waals surface area contributed by atoms with Crippen LogP contribution in [0.2, 0.25) is 0 Å². The van der Waals surface area contributed by atoms with E-state index in [1.54, 1.807) is 12.1 Å². The van der Waals surface area contributed by atoms with Gasteiger partial charge in [-0.1, -0.05) is 24.3 Å². The van der Waals surface area contributed by atoms with Crippen molar-refractivity contribution in [3.8, 4) is 11.3 Å². The number of sulfonamides is 1. The highest BCUT2D eigenvalue weighted by molar-refractivity contribution is 7.91. The first-order valence-corrected chi connectivity index (χ1v) is 14.6. The van der Waals surface area contributed by atoms with Crippen LogP contribution in [0.15, 0.2) is 48.7 Å². The Morgan fingerprint density at radius 2 is 1.79 bits per heavy atom. The second kappa shape index (κ2) is 10.5. The minimum absolute atomic E-state index is 0.00181. The van der Waals surface area contributed by atoms with Gasteiger partial charge >= 0.3 is 0 Å². The fraction of sp³-hybridized carbons (Fsp3) is 0.357. The minimum Gasteiger partial charge on any atom is -0.383 e. The zero-order valence-corrected chi connectivity index (χ0v) is 22.7. The van der Waals surface area contributed by atoms with Crippen LogP contribution in [-0.2, 0) is 15.8 Å². The Balaban J connectivity index is 1.52. The lowest BCUT2D eigenvalue weighted by atomic mass is 9.82. The summed E-state index contributed by atoms with van der Waals surface area (Å²) >= 11 is 0. The van der Waals surface area contributed by atoms with Crippen LogP contribution in [0.1, 0.15) is 62.6 Å². The molecule has 206 valence electrons. The van der Waals surface area contributed by atoms with Gasteiger partial charge in [0.25, 0.3) is 0 Å². The molecule has 0 bridgehead atoms. The van der Waals surface area contributed by atoms with E-state index in [0.717, 1.165) is 36.8 Å². The largest absolute Gasteiger partial charge is 0.383 e. The van der Waals surface area contributed by atoms with E-state index in [9.17, 15) is 12.8 Å². The molecule has 4 aromatic rings. The van der Waals surface area contributed by atoms with Crippen molar-refractivity contribution in [3.63, 3.8) is 0 Å². The molecule has 2 heterocycles. The van der Waals surface area contributed by atoms with E-state index in [2.05, 4.69) is 9.71 Å². The molecule has 1 aliphatic carbocycles. The number of fused-ring (bicyclic) bond motifs is 1. The van der Waals surface area contributed by atoms with E-state index < -0.39 is 27.4 Å². The highest BCUT2D eigenvalue weighted by Crippen LogP contribution is 2.41. The van der Waals surface area contributed by atoms with Gasteiger partial charge in [-0.2, -0.15) is 5.10 Å². The molecule has 1 aliphatic rings. The molecule has 0 atom stereocenters. The van der Waals surface area contributed by atoms with Crippen LogP contribution < -0.4 is 16.2 Å². The van der Waals surface area contributed by atoms with Crippen LogP contribution in [0, 0.1) is 11.6 Å². The Bertz CT molecular complexity index is 1630. The van der Waals surface area contributed by atoms with Gasteiger partial charge in [0, 0.05) is 29.4 Å². The molecule has 39 heavy (non-hydrogen) atoms. The third kappa shape index (κ3) is 5.46. The smallest absolute Gasteiger partial charge is 0.237 e. The average molecular weight is 555 g/mol. The molecule has 0 saturated heterocycles. The second-order valence-corrected chi connectivity index (χ2v) is 12.2. The first-order chi connectivity index (χ1) is 18.5. The number of pyridine rings is 1. The second-order valence-electron chi connectivity index (χ2n) is 10.5. The van der Waals surface area contributed by atoms with Crippen molar-refractivity contribution in [2.75, 3.05) is 10.5 Å². The van der Waals surface area contributed by atoms with Crippen LogP contribution in [0.25, 0.3) is 22.2 Å². The van der Waals surface area contributed by atoms with E-state index in [1.165, 1.54) is 30.3 Å². The summed E-state index contributed by atoms with van der Waals surface area (Å²) in [6, 6.07) is 9.91. The van der Waals surface area contributed by atoms with E-state index in [0.29, 0.717) is 22.5 Å². The summed E-state index contributed by atoms with van der Waals surface area (Å²) < 4.78 is 58.6. The number of anilines is 2. The van der Waals surface area contributed by atoms with Gasteiger partial charge < -0.3 is 11.5 Å². The summed E-state index contributed by atoms with van der Waals surface area (Å²) in [5, 5.41) is 5.47. The number of nitrogens with one attached hydrogen (secondary N) is 1. The van der Waals surface area contributed by atoms with Gasteiger partial charge in [0.05, 0.1) is 22.3 Å². The predicted octanol–water partition coefficient (Wildman–Crippen LogP) is 5.47. The molecule has 2 aromatic heterocycles. The molecular formula is C28H32F2N6O2S. The van der Waals surface area contributed by atoms with Gasteiger partial charge in [0.2, 0.25) is 10.0 Å². The summed E-state index contributed by atoms with van der Waals surface area (Å²) in [5.41, 5.74) is 15.1. The van der Waals surface area contributed by atoms with E-state index in [-0.39, 0.29) is 29.3 Å². The Labute approximate surface area is 226 Å². The monoisotopic (exact) mass is 554 g/mol. The van der Waals surface area contributed by atoms with Gasteiger partial charge in [-0.05, 0) is 69.2 Å². The van der Waals surface area contributed by atoms with Crippen LogP contribution in [0.3, 0.4) is 0 Å².